The predicted molar refractivity (Wildman–Crippen MR) is 128 cm³/mol. The Morgan fingerprint density at radius 1 is 1.09 bits per heavy atom. The van der Waals surface area contributed by atoms with Crippen molar-refractivity contribution in [2.75, 3.05) is 7.11 Å². The van der Waals surface area contributed by atoms with Crippen LogP contribution in [0.4, 0.5) is 0 Å². The van der Waals surface area contributed by atoms with E-state index in [1.165, 1.54) is 6.21 Å². The number of carbonyl (C=O) groups is 2. The van der Waals surface area contributed by atoms with Crippen molar-refractivity contribution in [3.8, 4) is 11.5 Å². The number of hydrogen-bond donors (Lipinski definition) is 0. The molecular formula is C25H22BrClN2O4. The van der Waals surface area contributed by atoms with Crippen molar-refractivity contribution < 1.29 is 19.1 Å². The van der Waals surface area contributed by atoms with Crippen LogP contribution in [0.1, 0.15) is 24.0 Å². The van der Waals surface area contributed by atoms with Crippen molar-refractivity contribution in [1.82, 2.24) is 5.01 Å². The first-order chi connectivity index (χ1) is 16.0. The molecule has 6 nitrogen and oxygen atoms in total. The number of hydrogen-bond acceptors (Lipinski definition) is 5. The number of carbonyl (C=O) groups excluding carboxylic acids is 2. The lowest BCUT2D eigenvalue weighted by Gasteiger charge is -2.37. The molecule has 2 amide bonds. The van der Waals surface area contributed by atoms with Gasteiger partial charge in [0, 0.05) is 5.02 Å². The van der Waals surface area contributed by atoms with Crippen LogP contribution in [0.3, 0.4) is 0 Å². The number of rotatable bonds is 6. The first-order valence-corrected chi connectivity index (χ1v) is 12.0. The van der Waals surface area contributed by atoms with Gasteiger partial charge in [0.15, 0.2) is 11.5 Å². The van der Waals surface area contributed by atoms with E-state index in [4.69, 9.17) is 21.1 Å². The summed E-state index contributed by atoms with van der Waals surface area (Å²) in [5.41, 5.74) is 1.64. The molecule has 2 fully saturated rings. The maximum atomic E-state index is 12.9. The van der Waals surface area contributed by atoms with E-state index in [1.807, 2.05) is 30.3 Å². The van der Waals surface area contributed by atoms with Crippen LogP contribution >= 0.6 is 27.5 Å². The predicted octanol–water partition coefficient (Wildman–Crippen LogP) is 5.22. The second kappa shape index (κ2) is 8.95. The Bertz CT molecular complexity index is 1130. The summed E-state index contributed by atoms with van der Waals surface area (Å²) in [5, 5.41) is 6.00. The fourth-order valence-electron chi connectivity index (χ4n) is 4.99. The topological polar surface area (TPSA) is 68.2 Å². The lowest BCUT2D eigenvalue weighted by molar-refractivity contribution is -0.140. The van der Waals surface area contributed by atoms with Crippen molar-refractivity contribution >= 4 is 45.6 Å². The fourth-order valence-corrected chi connectivity index (χ4v) is 5.69. The SMILES string of the molecule is COc1cc(/C=N\N2C(=O)[C@@H]3[C@@H](C2=O)[C@H]2C=C[C@H]3CC2)cc(Br)c1OCc1ccc(Cl)cc1. The summed E-state index contributed by atoms with van der Waals surface area (Å²) in [6, 6.07) is 11.0. The highest BCUT2D eigenvalue weighted by Gasteiger charge is 2.56. The number of methoxy groups -OCH3 is 1. The summed E-state index contributed by atoms with van der Waals surface area (Å²) in [7, 11) is 1.55. The molecule has 3 aliphatic carbocycles. The molecule has 33 heavy (non-hydrogen) atoms. The molecule has 2 bridgehead atoms. The van der Waals surface area contributed by atoms with Crippen LogP contribution < -0.4 is 9.47 Å². The Balaban J connectivity index is 1.34. The Kier molecular flexibility index (Phi) is 6.01. The minimum absolute atomic E-state index is 0.142. The number of halogens is 2. The van der Waals surface area contributed by atoms with Crippen molar-refractivity contribution in [3.05, 3.63) is 69.2 Å². The van der Waals surface area contributed by atoms with Gasteiger partial charge in [0.25, 0.3) is 11.8 Å². The second-order valence-electron chi connectivity index (χ2n) is 8.52. The van der Waals surface area contributed by atoms with E-state index in [-0.39, 0.29) is 35.5 Å². The van der Waals surface area contributed by atoms with Crippen molar-refractivity contribution in [1.29, 1.82) is 0 Å². The molecule has 1 heterocycles. The molecule has 0 unspecified atom stereocenters. The number of allylic oxidation sites excluding steroid dienone is 2. The number of hydrazone groups is 1. The normalized spacial score (nSPS) is 25.7. The van der Waals surface area contributed by atoms with Gasteiger partial charge in [-0.05, 0) is 76.0 Å². The average Bonchev–Trinajstić information content (AvgIpc) is 3.10. The molecule has 0 spiro atoms. The van der Waals surface area contributed by atoms with E-state index in [2.05, 4.69) is 33.2 Å². The van der Waals surface area contributed by atoms with E-state index in [0.717, 1.165) is 23.4 Å². The van der Waals surface area contributed by atoms with Crippen LogP contribution in [-0.4, -0.2) is 30.1 Å². The van der Waals surface area contributed by atoms with Crippen molar-refractivity contribution in [2.45, 2.75) is 19.4 Å². The van der Waals surface area contributed by atoms with E-state index >= 15 is 0 Å². The van der Waals surface area contributed by atoms with E-state index < -0.39 is 0 Å². The van der Waals surface area contributed by atoms with Crippen LogP contribution in [0.15, 0.2) is 58.1 Å². The smallest absolute Gasteiger partial charge is 0.254 e. The van der Waals surface area contributed by atoms with Crippen molar-refractivity contribution in [2.24, 2.45) is 28.8 Å². The van der Waals surface area contributed by atoms with E-state index in [0.29, 0.717) is 33.2 Å². The van der Waals surface area contributed by atoms with Crippen LogP contribution in [0.5, 0.6) is 11.5 Å². The Hall–Kier alpha value is -2.64. The lowest BCUT2D eigenvalue weighted by atomic mass is 9.63. The third-order valence-electron chi connectivity index (χ3n) is 6.61. The van der Waals surface area contributed by atoms with E-state index in [1.54, 1.807) is 13.2 Å². The molecule has 4 atom stereocenters. The molecule has 2 aromatic carbocycles. The third-order valence-corrected chi connectivity index (χ3v) is 7.45. The van der Waals surface area contributed by atoms with Gasteiger partial charge >= 0.3 is 0 Å². The van der Waals surface area contributed by atoms with Gasteiger partial charge in [-0.1, -0.05) is 35.9 Å². The summed E-state index contributed by atoms with van der Waals surface area (Å²) in [6.07, 6.45) is 7.62. The maximum absolute atomic E-state index is 12.9. The lowest BCUT2D eigenvalue weighted by Crippen LogP contribution is -2.38. The Labute approximate surface area is 205 Å². The summed E-state index contributed by atoms with van der Waals surface area (Å²) < 4.78 is 12.1. The largest absolute Gasteiger partial charge is 0.493 e. The van der Waals surface area contributed by atoms with Crippen LogP contribution in [0.2, 0.25) is 5.02 Å². The molecule has 6 rings (SSSR count). The summed E-state index contributed by atoms with van der Waals surface area (Å²) in [5.74, 6) is 0.391. The van der Waals surface area contributed by atoms with Gasteiger partial charge in [-0.3, -0.25) is 9.59 Å². The number of benzene rings is 2. The number of fused-ring (bicyclic) bond motifs is 1. The molecule has 1 saturated heterocycles. The molecule has 0 radical (unpaired) electrons. The summed E-state index contributed by atoms with van der Waals surface area (Å²) in [6.45, 7) is 0.343. The fraction of sp³-hybridized carbons (Fsp3) is 0.320. The van der Waals surface area contributed by atoms with Gasteiger partial charge in [0.2, 0.25) is 0 Å². The zero-order chi connectivity index (χ0) is 23.1. The minimum Gasteiger partial charge on any atom is -0.493 e. The van der Waals surface area contributed by atoms with Crippen LogP contribution in [0.25, 0.3) is 0 Å². The first-order valence-electron chi connectivity index (χ1n) is 10.8. The maximum Gasteiger partial charge on any atom is 0.254 e. The molecule has 0 aromatic heterocycles. The monoisotopic (exact) mass is 528 g/mol. The van der Waals surface area contributed by atoms with E-state index in [9.17, 15) is 9.59 Å². The van der Waals surface area contributed by atoms with Gasteiger partial charge in [0.05, 0.1) is 29.6 Å². The standard InChI is InChI=1S/C25H22BrClN2O4/c1-32-20-11-15(10-19(26)23(20)33-13-14-2-8-18(27)9-3-14)12-28-29-24(30)21-16-4-5-17(7-6-16)22(21)25(29)31/h2-5,8-12,16-17,21-22H,6-7,13H2,1H3/b28-12-/t16-,17-,21-,22-/m0/s1. The molecule has 1 aliphatic heterocycles. The van der Waals surface area contributed by atoms with Crippen molar-refractivity contribution in [3.63, 3.8) is 0 Å². The molecule has 1 saturated carbocycles. The number of nitrogens with zero attached hydrogens (tertiary/aromatic N) is 2. The zero-order valence-electron chi connectivity index (χ0n) is 17.9. The highest BCUT2D eigenvalue weighted by atomic mass is 79.9. The quantitative estimate of drug-likeness (QED) is 0.292. The molecule has 4 aliphatic rings. The number of ether oxygens (including phenoxy) is 2. The molecular weight excluding hydrogens is 508 g/mol. The van der Waals surface area contributed by atoms with Gasteiger partial charge in [-0.15, -0.1) is 0 Å². The minimum atomic E-state index is -0.275. The highest BCUT2D eigenvalue weighted by molar-refractivity contribution is 9.10. The van der Waals surface area contributed by atoms with Gasteiger partial charge < -0.3 is 9.47 Å². The average molecular weight is 530 g/mol. The van der Waals surface area contributed by atoms with Crippen LogP contribution in [-0.2, 0) is 16.2 Å². The number of amides is 2. The Morgan fingerprint density at radius 3 is 2.30 bits per heavy atom. The highest BCUT2D eigenvalue weighted by Crippen LogP contribution is 2.49. The molecule has 2 aromatic rings. The van der Waals surface area contributed by atoms with Gasteiger partial charge in [-0.25, -0.2) is 0 Å². The summed E-state index contributed by atoms with van der Waals surface area (Å²) in [4.78, 5) is 25.9. The zero-order valence-corrected chi connectivity index (χ0v) is 20.3. The van der Waals surface area contributed by atoms with Gasteiger partial charge in [-0.2, -0.15) is 10.1 Å². The molecule has 170 valence electrons. The Morgan fingerprint density at radius 2 is 1.73 bits per heavy atom. The second-order valence-corrected chi connectivity index (χ2v) is 9.81. The third kappa shape index (κ3) is 4.08. The van der Waals surface area contributed by atoms with Crippen LogP contribution in [0, 0.1) is 23.7 Å². The molecule has 0 N–H and O–H groups in total. The van der Waals surface area contributed by atoms with Gasteiger partial charge in [0.1, 0.15) is 6.61 Å². The number of imide groups is 1. The molecule has 8 heteroatoms. The first kappa shape index (κ1) is 22.2. The summed E-state index contributed by atoms with van der Waals surface area (Å²) >= 11 is 9.47.